The number of hydrogen-bond donors (Lipinski definition) is 2. The monoisotopic (exact) mass is 460 g/mol. The van der Waals surface area contributed by atoms with Gasteiger partial charge in [0.2, 0.25) is 0 Å². The van der Waals surface area contributed by atoms with E-state index >= 15 is 0 Å². The number of sulfonamides is 1. The van der Waals surface area contributed by atoms with Crippen LogP contribution in [0.1, 0.15) is 27.6 Å². The van der Waals surface area contributed by atoms with E-state index in [1.165, 1.54) is 54.8 Å². The normalized spacial score (nSPS) is 10.9. The van der Waals surface area contributed by atoms with Crippen molar-refractivity contribution < 1.29 is 27.5 Å². The van der Waals surface area contributed by atoms with Crippen molar-refractivity contribution in [3.05, 3.63) is 71.1 Å². The summed E-state index contributed by atoms with van der Waals surface area (Å²) in [5.74, 6) is -0.397. The Balaban J connectivity index is 1.69. The van der Waals surface area contributed by atoms with Gasteiger partial charge in [-0.3, -0.25) is 9.52 Å². The second-order valence-electron chi connectivity index (χ2n) is 6.20. The van der Waals surface area contributed by atoms with E-state index in [1.54, 1.807) is 30.5 Å². The van der Waals surface area contributed by atoms with Gasteiger partial charge in [0.05, 0.1) is 24.2 Å². The molecule has 162 valence electrons. The van der Waals surface area contributed by atoms with E-state index in [2.05, 4.69) is 10.0 Å². The molecule has 0 fully saturated rings. The Labute approximate surface area is 183 Å². The Morgan fingerprint density at radius 1 is 1.00 bits per heavy atom. The average Bonchev–Trinajstić information content (AvgIpc) is 3.22. The van der Waals surface area contributed by atoms with E-state index in [-0.39, 0.29) is 17.1 Å². The minimum atomic E-state index is -3.79. The number of esters is 1. The SMILES string of the molecule is CCOC(=O)c1ccsc1NC(=O)c1ccc(NS(=O)(=O)c2ccc(OC)cc2)cc1. The molecule has 10 heteroatoms. The molecule has 0 unspecified atom stereocenters. The van der Waals surface area contributed by atoms with Crippen LogP contribution >= 0.6 is 11.3 Å². The Kier molecular flexibility index (Phi) is 6.93. The maximum absolute atomic E-state index is 12.5. The second-order valence-corrected chi connectivity index (χ2v) is 8.79. The lowest BCUT2D eigenvalue weighted by Gasteiger charge is -2.10. The zero-order valence-electron chi connectivity index (χ0n) is 16.7. The van der Waals surface area contributed by atoms with E-state index in [1.807, 2.05) is 0 Å². The Morgan fingerprint density at radius 3 is 2.29 bits per heavy atom. The second kappa shape index (κ2) is 9.63. The summed E-state index contributed by atoms with van der Waals surface area (Å²) in [6.07, 6.45) is 0. The van der Waals surface area contributed by atoms with Crippen LogP contribution in [0.3, 0.4) is 0 Å². The molecule has 0 aliphatic heterocycles. The van der Waals surface area contributed by atoms with E-state index < -0.39 is 21.9 Å². The third-order valence-corrected chi connectivity index (χ3v) is 6.38. The first-order chi connectivity index (χ1) is 14.8. The Morgan fingerprint density at radius 2 is 1.68 bits per heavy atom. The maximum Gasteiger partial charge on any atom is 0.341 e. The molecule has 3 aromatic rings. The molecular weight excluding hydrogens is 440 g/mol. The quantitative estimate of drug-likeness (QED) is 0.492. The number of nitrogens with one attached hydrogen (secondary N) is 2. The zero-order valence-corrected chi connectivity index (χ0v) is 18.4. The van der Waals surface area contributed by atoms with E-state index in [4.69, 9.17) is 9.47 Å². The van der Waals surface area contributed by atoms with Crippen molar-refractivity contribution >= 4 is 43.9 Å². The molecule has 0 aliphatic carbocycles. The van der Waals surface area contributed by atoms with Crippen LogP contribution in [-0.4, -0.2) is 34.0 Å². The van der Waals surface area contributed by atoms with Gasteiger partial charge in [0, 0.05) is 11.3 Å². The van der Waals surface area contributed by atoms with Crippen LogP contribution in [0.5, 0.6) is 5.75 Å². The molecule has 0 radical (unpaired) electrons. The molecule has 1 aromatic heterocycles. The highest BCUT2D eigenvalue weighted by molar-refractivity contribution is 7.92. The van der Waals surface area contributed by atoms with Gasteiger partial charge < -0.3 is 14.8 Å². The highest BCUT2D eigenvalue weighted by Crippen LogP contribution is 2.25. The number of carbonyl (C=O) groups is 2. The van der Waals surface area contributed by atoms with Crippen molar-refractivity contribution in [1.29, 1.82) is 0 Å². The molecule has 2 aromatic carbocycles. The van der Waals surface area contributed by atoms with Gasteiger partial charge >= 0.3 is 5.97 Å². The zero-order chi connectivity index (χ0) is 22.4. The first-order valence-corrected chi connectivity index (χ1v) is 11.5. The summed E-state index contributed by atoms with van der Waals surface area (Å²) >= 11 is 1.20. The smallest absolute Gasteiger partial charge is 0.341 e. The molecule has 0 bridgehead atoms. The van der Waals surface area contributed by atoms with Crippen molar-refractivity contribution in [1.82, 2.24) is 0 Å². The Hall–Kier alpha value is -3.37. The number of thiophene rings is 1. The summed E-state index contributed by atoms with van der Waals surface area (Å²) in [6.45, 7) is 1.93. The van der Waals surface area contributed by atoms with Crippen LogP contribution in [0.2, 0.25) is 0 Å². The summed E-state index contributed by atoms with van der Waals surface area (Å²) in [7, 11) is -2.29. The van der Waals surface area contributed by atoms with Gasteiger partial charge in [0.25, 0.3) is 15.9 Å². The number of benzene rings is 2. The summed E-state index contributed by atoms with van der Waals surface area (Å²) in [6, 6.07) is 13.5. The standard InChI is InChI=1S/C21H20N2O6S2/c1-3-29-21(25)18-12-13-30-20(18)22-19(24)14-4-6-15(7-5-14)23-31(26,27)17-10-8-16(28-2)9-11-17/h4-13,23H,3H2,1-2H3,(H,22,24). The highest BCUT2D eigenvalue weighted by Gasteiger charge is 2.18. The van der Waals surface area contributed by atoms with Crippen molar-refractivity contribution in [2.75, 3.05) is 23.8 Å². The van der Waals surface area contributed by atoms with Crippen LogP contribution in [0.25, 0.3) is 0 Å². The fraction of sp³-hybridized carbons (Fsp3) is 0.143. The van der Waals surface area contributed by atoms with Crippen molar-refractivity contribution in [2.45, 2.75) is 11.8 Å². The molecular formula is C21H20N2O6S2. The third-order valence-electron chi connectivity index (χ3n) is 4.16. The number of hydrogen-bond acceptors (Lipinski definition) is 7. The molecule has 1 amide bonds. The highest BCUT2D eigenvalue weighted by atomic mass is 32.2. The first kappa shape index (κ1) is 22.3. The average molecular weight is 461 g/mol. The lowest BCUT2D eigenvalue weighted by Crippen LogP contribution is -2.15. The van der Waals surface area contributed by atoms with E-state index in [9.17, 15) is 18.0 Å². The van der Waals surface area contributed by atoms with Crippen molar-refractivity contribution in [3.8, 4) is 5.75 Å². The predicted octanol–water partition coefficient (Wildman–Crippen LogP) is 3.99. The van der Waals surface area contributed by atoms with Gasteiger partial charge in [-0.2, -0.15) is 0 Å². The third kappa shape index (κ3) is 5.41. The number of amides is 1. The maximum atomic E-state index is 12.5. The van der Waals surface area contributed by atoms with Gasteiger partial charge in [-0.25, -0.2) is 13.2 Å². The molecule has 0 saturated carbocycles. The number of methoxy groups -OCH3 is 1. The van der Waals surface area contributed by atoms with Gasteiger partial charge in [-0.05, 0) is 66.9 Å². The van der Waals surface area contributed by atoms with Crippen LogP contribution in [-0.2, 0) is 14.8 Å². The van der Waals surface area contributed by atoms with Crippen LogP contribution in [0, 0.1) is 0 Å². The lowest BCUT2D eigenvalue weighted by atomic mass is 10.2. The molecule has 8 nitrogen and oxygen atoms in total. The molecule has 0 spiro atoms. The minimum Gasteiger partial charge on any atom is -0.497 e. The summed E-state index contributed by atoms with van der Waals surface area (Å²) in [5.41, 5.74) is 0.885. The molecule has 0 aliphatic rings. The largest absolute Gasteiger partial charge is 0.497 e. The van der Waals surface area contributed by atoms with Crippen LogP contribution in [0.15, 0.2) is 64.9 Å². The predicted molar refractivity (Wildman–Crippen MR) is 118 cm³/mol. The number of rotatable bonds is 8. The topological polar surface area (TPSA) is 111 Å². The molecule has 1 heterocycles. The fourth-order valence-electron chi connectivity index (χ4n) is 2.61. The van der Waals surface area contributed by atoms with Crippen molar-refractivity contribution in [2.24, 2.45) is 0 Å². The molecule has 0 saturated heterocycles. The molecule has 0 atom stereocenters. The van der Waals surface area contributed by atoms with Gasteiger partial charge in [-0.1, -0.05) is 0 Å². The van der Waals surface area contributed by atoms with E-state index in [0.717, 1.165) is 0 Å². The molecule has 3 rings (SSSR count). The summed E-state index contributed by atoms with van der Waals surface area (Å²) in [4.78, 5) is 24.5. The van der Waals surface area contributed by atoms with E-state index in [0.29, 0.717) is 22.0 Å². The lowest BCUT2D eigenvalue weighted by molar-refractivity contribution is 0.0528. The van der Waals surface area contributed by atoms with Crippen LogP contribution < -0.4 is 14.8 Å². The number of carbonyl (C=O) groups excluding carboxylic acids is 2. The molecule has 31 heavy (non-hydrogen) atoms. The van der Waals surface area contributed by atoms with Gasteiger partial charge in [0.1, 0.15) is 10.8 Å². The summed E-state index contributed by atoms with van der Waals surface area (Å²) < 4.78 is 37.5. The van der Waals surface area contributed by atoms with Gasteiger partial charge in [0.15, 0.2) is 0 Å². The number of ether oxygens (including phenoxy) is 2. The first-order valence-electron chi connectivity index (χ1n) is 9.17. The van der Waals surface area contributed by atoms with Crippen molar-refractivity contribution in [3.63, 3.8) is 0 Å². The number of anilines is 2. The molecule has 2 N–H and O–H groups in total. The van der Waals surface area contributed by atoms with Crippen LogP contribution in [0.4, 0.5) is 10.7 Å². The Bertz CT molecular complexity index is 1170. The fourth-order valence-corrected chi connectivity index (χ4v) is 4.44. The van der Waals surface area contributed by atoms with Gasteiger partial charge in [-0.15, -0.1) is 11.3 Å². The minimum absolute atomic E-state index is 0.0827. The summed E-state index contributed by atoms with van der Waals surface area (Å²) in [5, 5.41) is 4.74.